The van der Waals surface area contributed by atoms with E-state index in [-0.39, 0.29) is 11.8 Å². The minimum Gasteiger partial charge on any atom is -0.497 e. The van der Waals surface area contributed by atoms with Crippen molar-refractivity contribution in [3.63, 3.8) is 0 Å². The molecule has 0 bridgehead atoms. The monoisotopic (exact) mass is 633 g/mol. The molecule has 46 heavy (non-hydrogen) atoms. The van der Waals surface area contributed by atoms with Crippen LogP contribution in [0.2, 0.25) is 0 Å². The van der Waals surface area contributed by atoms with Gasteiger partial charge in [-0.15, -0.1) is 11.3 Å². The van der Waals surface area contributed by atoms with Crippen LogP contribution in [0.25, 0.3) is 22.0 Å². The minimum atomic E-state index is 0.0211. The number of nitrogens with zero attached hydrogens (tertiary/aromatic N) is 5. The number of ether oxygens (including phenoxy) is 1. The lowest BCUT2D eigenvalue weighted by molar-refractivity contribution is -0.119. The second kappa shape index (κ2) is 14.1. The Bertz CT molecular complexity index is 1780. The van der Waals surface area contributed by atoms with Crippen molar-refractivity contribution in [2.75, 3.05) is 51.8 Å². The van der Waals surface area contributed by atoms with Crippen molar-refractivity contribution >= 4 is 28.8 Å². The number of thiazole rings is 1. The number of aromatic nitrogens is 2. The molecule has 2 amide bonds. The van der Waals surface area contributed by atoms with E-state index in [2.05, 4.69) is 39.1 Å². The lowest BCUT2D eigenvalue weighted by Crippen LogP contribution is -2.51. The quantitative estimate of drug-likeness (QED) is 0.182. The summed E-state index contributed by atoms with van der Waals surface area (Å²) < 4.78 is 7.56. The van der Waals surface area contributed by atoms with Crippen LogP contribution in [-0.4, -0.2) is 78.0 Å². The summed E-state index contributed by atoms with van der Waals surface area (Å²) in [4.78, 5) is 37.7. The van der Waals surface area contributed by atoms with Gasteiger partial charge in [-0.25, -0.2) is 4.98 Å². The van der Waals surface area contributed by atoms with Crippen LogP contribution in [0.4, 0.5) is 5.69 Å². The number of aryl methyl sites for hydroxylation is 1. The van der Waals surface area contributed by atoms with E-state index in [0.29, 0.717) is 44.8 Å². The number of likely N-dealkylation sites (N-methyl/N-ethyl adjacent to an activating group) is 1. The van der Waals surface area contributed by atoms with Gasteiger partial charge >= 0.3 is 0 Å². The van der Waals surface area contributed by atoms with Crippen molar-refractivity contribution in [3.05, 3.63) is 113 Å². The van der Waals surface area contributed by atoms with Crippen LogP contribution in [0.1, 0.15) is 21.6 Å². The molecule has 0 N–H and O–H groups in total. The number of hydrogen-bond donors (Lipinski definition) is 0. The zero-order valence-electron chi connectivity index (χ0n) is 26.6. The van der Waals surface area contributed by atoms with Gasteiger partial charge in [0.15, 0.2) is 0 Å². The van der Waals surface area contributed by atoms with Gasteiger partial charge in [0.25, 0.3) is 5.91 Å². The summed E-state index contributed by atoms with van der Waals surface area (Å²) in [6, 6.07) is 30.0. The zero-order chi connectivity index (χ0) is 32.0. The molecule has 0 atom stereocenters. The minimum absolute atomic E-state index is 0.0211. The van der Waals surface area contributed by atoms with Crippen LogP contribution in [0, 0.1) is 6.92 Å². The molecule has 8 nitrogen and oxygen atoms in total. The number of methoxy groups -OCH3 is 1. The van der Waals surface area contributed by atoms with Crippen molar-refractivity contribution in [1.29, 1.82) is 0 Å². The van der Waals surface area contributed by atoms with Crippen molar-refractivity contribution in [3.8, 4) is 27.7 Å². The second-order valence-electron chi connectivity index (χ2n) is 11.5. The van der Waals surface area contributed by atoms with E-state index >= 15 is 0 Å². The fraction of sp³-hybridized carbons (Fsp3) is 0.270. The van der Waals surface area contributed by atoms with Crippen LogP contribution >= 0.6 is 11.3 Å². The number of carbonyl (C=O) groups is 2. The first kappa shape index (κ1) is 31.3. The number of piperazine rings is 1. The molecule has 5 aromatic rings. The van der Waals surface area contributed by atoms with Crippen LogP contribution in [0.5, 0.6) is 5.75 Å². The van der Waals surface area contributed by atoms with E-state index in [9.17, 15) is 9.59 Å². The number of carbonyl (C=O) groups excluding carboxylic acids is 2. The Morgan fingerprint density at radius 1 is 0.913 bits per heavy atom. The summed E-state index contributed by atoms with van der Waals surface area (Å²) in [5.74, 6) is 0.893. The molecule has 3 heterocycles. The Morgan fingerprint density at radius 3 is 2.26 bits per heavy atom. The average molecular weight is 634 g/mol. The summed E-state index contributed by atoms with van der Waals surface area (Å²) in [6.45, 7) is 5.51. The molecule has 0 radical (unpaired) electrons. The van der Waals surface area contributed by atoms with Crippen LogP contribution < -0.4 is 9.64 Å². The predicted molar refractivity (Wildman–Crippen MR) is 185 cm³/mol. The standard InChI is InChI=1S/C37H39N5O3S/c1-27-32(37(44)41-22-20-40(21-23-41)25-35(43)39(2)30-12-8-5-9-13-30)24-34(33-26-46-36(38-33)29-10-6-4-7-11-29)42(27)19-18-28-14-16-31(45-3)17-15-28/h4-17,24,26H,18-23,25H2,1-3H3. The number of rotatable bonds is 10. The second-order valence-corrected chi connectivity index (χ2v) is 12.4. The topological polar surface area (TPSA) is 70.9 Å². The lowest BCUT2D eigenvalue weighted by Gasteiger charge is -2.35. The first-order valence-corrected chi connectivity index (χ1v) is 16.5. The normalized spacial score (nSPS) is 13.5. The van der Waals surface area contributed by atoms with E-state index < -0.39 is 0 Å². The van der Waals surface area contributed by atoms with E-state index in [0.717, 1.165) is 45.5 Å². The molecule has 1 fully saturated rings. The van der Waals surface area contributed by atoms with Gasteiger partial charge in [-0.1, -0.05) is 60.7 Å². The predicted octanol–water partition coefficient (Wildman–Crippen LogP) is 6.26. The highest BCUT2D eigenvalue weighted by Gasteiger charge is 2.28. The Balaban J connectivity index is 1.19. The van der Waals surface area contributed by atoms with Crippen molar-refractivity contribution in [2.45, 2.75) is 19.9 Å². The summed E-state index contributed by atoms with van der Waals surface area (Å²) >= 11 is 1.61. The van der Waals surface area contributed by atoms with Crippen LogP contribution in [0.15, 0.2) is 96.4 Å². The molecule has 3 aromatic carbocycles. The Morgan fingerprint density at radius 2 is 1.59 bits per heavy atom. The molecule has 0 aliphatic carbocycles. The maximum atomic E-state index is 14.0. The van der Waals surface area contributed by atoms with Gasteiger partial charge in [0, 0.05) is 62.1 Å². The highest BCUT2D eigenvalue weighted by atomic mass is 32.1. The highest BCUT2D eigenvalue weighted by molar-refractivity contribution is 7.13. The number of anilines is 1. The van der Waals surface area contributed by atoms with E-state index in [4.69, 9.17) is 9.72 Å². The molecule has 0 unspecified atom stereocenters. The zero-order valence-corrected chi connectivity index (χ0v) is 27.4. The molecule has 1 saturated heterocycles. The molecule has 9 heteroatoms. The number of amides is 2. The van der Waals surface area contributed by atoms with Crippen molar-refractivity contribution in [1.82, 2.24) is 19.4 Å². The summed E-state index contributed by atoms with van der Waals surface area (Å²) in [5.41, 5.74) is 6.60. The fourth-order valence-electron chi connectivity index (χ4n) is 5.87. The van der Waals surface area contributed by atoms with Gasteiger partial charge in [0.1, 0.15) is 10.8 Å². The molecule has 1 aliphatic heterocycles. The maximum absolute atomic E-state index is 14.0. The molecular weight excluding hydrogens is 595 g/mol. The summed E-state index contributed by atoms with van der Waals surface area (Å²) in [5, 5.41) is 3.03. The fourth-order valence-corrected chi connectivity index (χ4v) is 6.69. The highest BCUT2D eigenvalue weighted by Crippen LogP contribution is 2.32. The third-order valence-electron chi connectivity index (χ3n) is 8.70. The van der Waals surface area contributed by atoms with E-state index in [1.54, 1.807) is 23.3 Å². The maximum Gasteiger partial charge on any atom is 0.255 e. The Kier molecular flexibility index (Phi) is 9.61. The first-order valence-electron chi connectivity index (χ1n) is 15.6. The third kappa shape index (κ3) is 6.90. The van der Waals surface area contributed by atoms with Crippen molar-refractivity contribution in [2.24, 2.45) is 0 Å². The molecule has 236 valence electrons. The summed E-state index contributed by atoms with van der Waals surface area (Å²) in [6.07, 6.45) is 0.806. The Labute approximate surface area is 274 Å². The van der Waals surface area contributed by atoms with E-state index in [1.807, 2.05) is 85.6 Å². The summed E-state index contributed by atoms with van der Waals surface area (Å²) in [7, 11) is 3.48. The van der Waals surface area contributed by atoms with Crippen LogP contribution in [-0.2, 0) is 17.8 Å². The number of benzene rings is 3. The van der Waals surface area contributed by atoms with Crippen molar-refractivity contribution < 1.29 is 14.3 Å². The lowest BCUT2D eigenvalue weighted by atomic mass is 10.1. The smallest absolute Gasteiger partial charge is 0.255 e. The first-order chi connectivity index (χ1) is 22.4. The molecule has 0 spiro atoms. The van der Waals surface area contributed by atoms with Gasteiger partial charge in [-0.3, -0.25) is 14.5 Å². The number of hydrogen-bond acceptors (Lipinski definition) is 6. The van der Waals surface area contributed by atoms with Gasteiger partial charge in [-0.2, -0.15) is 0 Å². The number of para-hydroxylation sites is 1. The van der Waals surface area contributed by atoms with Gasteiger partial charge < -0.3 is 19.1 Å². The third-order valence-corrected chi connectivity index (χ3v) is 9.59. The SMILES string of the molecule is COc1ccc(CCn2c(-c3csc(-c4ccccc4)n3)cc(C(=O)N3CCN(CC(=O)N(C)c4ccccc4)CC3)c2C)cc1. The molecule has 0 saturated carbocycles. The van der Waals surface area contributed by atoms with Gasteiger partial charge in [0.2, 0.25) is 5.91 Å². The molecule has 6 rings (SSSR count). The van der Waals surface area contributed by atoms with E-state index in [1.165, 1.54) is 5.56 Å². The largest absolute Gasteiger partial charge is 0.497 e. The average Bonchev–Trinajstić information content (AvgIpc) is 3.73. The molecular formula is C37H39N5O3S. The van der Waals surface area contributed by atoms with Gasteiger partial charge in [0.05, 0.1) is 30.6 Å². The van der Waals surface area contributed by atoms with Crippen LogP contribution in [0.3, 0.4) is 0 Å². The Hall–Kier alpha value is -4.73. The molecule has 2 aromatic heterocycles. The van der Waals surface area contributed by atoms with Gasteiger partial charge in [-0.05, 0) is 49.2 Å². The molecule has 1 aliphatic rings.